The number of nitrogens with zero attached hydrogens (tertiary/aromatic N) is 2. The fraction of sp³-hybridized carbons (Fsp3) is 0.304. The molecule has 7 nitrogen and oxygen atoms in total. The molecule has 1 unspecified atom stereocenters. The summed E-state index contributed by atoms with van der Waals surface area (Å²) in [4.78, 5) is 43.5. The standard InChI is InChI=1S/C23H24FN3O4/c1-3-31-23(30)22-15(2)27(14-20(28)26-13-18-6-4-5-11-25-18)21(29)12-19(22)16-7-9-17(24)10-8-16/h4-11,19H,3,12-14H2,1-2H3,(H,26,28). The number of allylic oxidation sites excluding steroid dienone is 1. The number of halogens is 1. The Bertz CT molecular complexity index is 990. The molecule has 1 atom stereocenters. The molecule has 1 aromatic carbocycles. The van der Waals surface area contributed by atoms with E-state index < -0.39 is 17.7 Å². The zero-order chi connectivity index (χ0) is 22.4. The average Bonchev–Trinajstić information content (AvgIpc) is 2.76. The molecule has 3 rings (SSSR count). The van der Waals surface area contributed by atoms with Crippen molar-refractivity contribution in [3.05, 3.63) is 77.0 Å². The van der Waals surface area contributed by atoms with Gasteiger partial charge in [0.1, 0.15) is 12.4 Å². The van der Waals surface area contributed by atoms with E-state index in [9.17, 15) is 18.8 Å². The molecule has 0 saturated carbocycles. The van der Waals surface area contributed by atoms with Crippen molar-refractivity contribution in [1.82, 2.24) is 15.2 Å². The number of nitrogens with one attached hydrogen (secondary N) is 1. The summed E-state index contributed by atoms with van der Waals surface area (Å²) in [6.07, 6.45) is 1.61. The van der Waals surface area contributed by atoms with Gasteiger partial charge in [-0.15, -0.1) is 0 Å². The zero-order valence-electron chi connectivity index (χ0n) is 17.4. The maximum atomic E-state index is 13.4. The normalized spacial score (nSPS) is 16.3. The molecule has 2 aromatic rings. The number of hydrogen-bond donors (Lipinski definition) is 1. The van der Waals surface area contributed by atoms with Crippen LogP contribution in [0.15, 0.2) is 59.9 Å². The highest BCUT2D eigenvalue weighted by Gasteiger charge is 2.37. The summed E-state index contributed by atoms with van der Waals surface area (Å²) >= 11 is 0. The molecule has 0 spiro atoms. The number of carbonyl (C=O) groups is 3. The van der Waals surface area contributed by atoms with Gasteiger partial charge in [-0.3, -0.25) is 14.6 Å². The van der Waals surface area contributed by atoms with Gasteiger partial charge >= 0.3 is 5.97 Å². The van der Waals surface area contributed by atoms with Crippen LogP contribution in [0.25, 0.3) is 0 Å². The van der Waals surface area contributed by atoms with E-state index in [-0.39, 0.29) is 37.9 Å². The summed E-state index contributed by atoms with van der Waals surface area (Å²) in [6.45, 7) is 3.48. The molecule has 162 valence electrons. The Labute approximate surface area is 179 Å². The van der Waals surface area contributed by atoms with E-state index >= 15 is 0 Å². The lowest BCUT2D eigenvalue weighted by Gasteiger charge is -2.34. The van der Waals surface area contributed by atoms with Crippen molar-refractivity contribution in [2.24, 2.45) is 0 Å². The maximum absolute atomic E-state index is 13.4. The van der Waals surface area contributed by atoms with E-state index in [4.69, 9.17) is 4.74 Å². The third-order valence-corrected chi connectivity index (χ3v) is 5.09. The van der Waals surface area contributed by atoms with Gasteiger partial charge in [0.2, 0.25) is 11.8 Å². The third-order valence-electron chi connectivity index (χ3n) is 5.09. The van der Waals surface area contributed by atoms with Crippen LogP contribution in [0.1, 0.15) is 37.4 Å². The topological polar surface area (TPSA) is 88.6 Å². The molecule has 1 aliphatic rings. The van der Waals surface area contributed by atoms with Crippen LogP contribution in [0.2, 0.25) is 0 Å². The number of benzene rings is 1. The summed E-state index contributed by atoms with van der Waals surface area (Å²) < 4.78 is 18.6. The number of ether oxygens (including phenoxy) is 1. The summed E-state index contributed by atoms with van der Waals surface area (Å²) in [6, 6.07) is 11.1. The van der Waals surface area contributed by atoms with Crippen LogP contribution in [-0.2, 0) is 25.7 Å². The Morgan fingerprint density at radius 1 is 1.23 bits per heavy atom. The van der Waals surface area contributed by atoms with Crippen LogP contribution in [0, 0.1) is 5.82 Å². The lowest BCUT2D eigenvalue weighted by Crippen LogP contribution is -2.44. The summed E-state index contributed by atoms with van der Waals surface area (Å²) in [7, 11) is 0. The molecule has 1 aromatic heterocycles. The second kappa shape index (κ2) is 9.97. The monoisotopic (exact) mass is 425 g/mol. The number of aromatic nitrogens is 1. The molecule has 31 heavy (non-hydrogen) atoms. The van der Waals surface area contributed by atoms with Crippen molar-refractivity contribution in [3.63, 3.8) is 0 Å². The first kappa shape index (κ1) is 22.1. The van der Waals surface area contributed by atoms with Crippen LogP contribution in [0.3, 0.4) is 0 Å². The first-order valence-electron chi connectivity index (χ1n) is 10.0. The van der Waals surface area contributed by atoms with Gasteiger partial charge in [0.05, 0.1) is 24.4 Å². The van der Waals surface area contributed by atoms with Gasteiger partial charge in [-0.2, -0.15) is 0 Å². The second-order valence-electron chi connectivity index (χ2n) is 7.11. The minimum Gasteiger partial charge on any atom is -0.463 e. The van der Waals surface area contributed by atoms with E-state index in [0.29, 0.717) is 22.5 Å². The minimum absolute atomic E-state index is 0.0232. The zero-order valence-corrected chi connectivity index (χ0v) is 17.4. The lowest BCUT2D eigenvalue weighted by molar-refractivity contribution is -0.141. The first-order valence-corrected chi connectivity index (χ1v) is 10.0. The molecular weight excluding hydrogens is 401 g/mol. The Kier molecular flexibility index (Phi) is 7.12. The molecule has 1 aliphatic heterocycles. The molecule has 0 bridgehead atoms. The number of carbonyl (C=O) groups excluding carboxylic acids is 3. The number of pyridine rings is 1. The van der Waals surface area contributed by atoms with Crippen LogP contribution >= 0.6 is 0 Å². The molecular formula is C23H24FN3O4. The largest absolute Gasteiger partial charge is 0.463 e. The summed E-state index contributed by atoms with van der Waals surface area (Å²) in [5, 5.41) is 2.73. The van der Waals surface area contributed by atoms with Gasteiger partial charge < -0.3 is 15.0 Å². The Morgan fingerprint density at radius 2 is 1.97 bits per heavy atom. The van der Waals surface area contributed by atoms with Crippen LogP contribution < -0.4 is 5.32 Å². The van der Waals surface area contributed by atoms with Crippen molar-refractivity contribution >= 4 is 17.8 Å². The van der Waals surface area contributed by atoms with Crippen molar-refractivity contribution in [2.75, 3.05) is 13.2 Å². The van der Waals surface area contributed by atoms with Crippen molar-refractivity contribution in [2.45, 2.75) is 32.7 Å². The van der Waals surface area contributed by atoms with Gasteiger partial charge in [0, 0.05) is 24.2 Å². The number of amides is 2. The van der Waals surface area contributed by atoms with E-state index in [1.165, 1.54) is 17.0 Å². The number of rotatable bonds is 7. The molecule has 2 amide bonds. The minimum atomic E-state index is -0.569. The predicted octanol–water partition coefficient (Wildman–Crippen LogP) is 2.69. The highest BCUT2D eigenvalue weighted by atomic mass is 19.1. The lowest BCUT2D eigenvalue weighted by atomic mass is 9.83. The summed E-state index contributed by atoms with van der Waals surface area (Å²) in [5.74, 6) is -2.20. The highest BCUT2D eigenvalue weighted by Crippen LogP contribution is 2.37. The van der Waals surface area contributed by atoms with Crippen molar-refractivity contribution in [1.29, 1.82) is 0 Å². The van der Waals surface area contributed by atoms with Crippen molar-refractivity contribution < 1.29 is 23.5 Å². The van der Waals surface area contributed by atoms with Crippen molar-refractivity contribution in [3.8, 4) is 0 Å². The average molecular weight is 425 g/mol. The molecule has 0 aliphatic carbocycles. The van der Waals surface area contributed by atoms with Gasteiger partial charge in [0.25, 0.3) is 0 Å². The van der Waals surface area contributed by atoms with E-state index in [2.05, 4.69) is 10.3 Å². The molecule has 1 N–H and O–H groups in total. The Morgan fingerprint density at radius 3 is 2.61 bits per heavy atom. The fourth-order valence-corrected chi connectivity index (χ4v) is 3.55. The van der Waals surface area contributed by atoms with E-state index in [1.807, 2.05) is 6.07 Å². The van der Waals surface area contributed by atoms with E-state index in [1.54, 1.807) is 44.3 Å². The highest BCUT2D eigenvalue weighted by molar-refractivity contribution is 5.97. The maximum Gasteiger partial charge on any atom is 0.336 e. The number of hydrogen-bond acceptors (Lipinski definition) is 5. The Balaban J connectivity index is 1.83. The predicted molar refractivity (Wildman–Crippen MR) is 111 cm³/mol. The van der Waals surface area contributed by atoms with Crippen LogP contribution in [0.5, 0.6) is 0 Å². The second-order valence-corrected chi connectivity index (χ2v) is 7.11. The van der Waals surface area contributed by atoms with Crippen LogP contribution in [-0.4, -0.2) is 40.8 Å². The molecule has 8 heteroatoms. The van der Waals surface area contributed by atoms with Gasteiger partial charge in [-0.25, -0.2) is 9.18 Å². The molecule has 0 saturated heterocycles. The SMILES string of the molecule is CCOC(=O)C1=C(C)N(CC(=O)NCc2ccccn2)C(=O)CC1c1ccc(F)cc1. The number of esters is 1. The van der Waals surface area contributed by atoms with Gasteiger partial charge in [0.15, 0.2) is 0 Å². The molecule has 2 heterocycles. The molecule has 0 radical (unpaired) electrons. The van der Waals surface area contributed by atoms with E-state index in [0.717, 1.165) is 0 Å². The third kappa shape index (κ3) is 5.33. The fourth-order valence-electron chi connectivity index (χ4n) is 3.55. The quantitative estimate of drug-likeness (QED) is 0.689. The molecule has 0 fully saturated rings. The smallest absolute Gasteiger partial charge is 0.336 e. The Hall–Kier alpha value is -3.55. The van der Waals surface area contributed by atoms with Crippen LogP contribution in [0.4, 0.5) is 4.39 Å². The first-order chi connectivity index (χ1) is 14.9. The van der Waals surface area contributed by atoms with Gasteiger partial charge in [-0.05, 0) is 43.7 Å². The van der Waals surface area contributed by atoms with Gasteiger partial charge in [-0.1, -0.05) is 18.2 Å². The summed E-state index contributed by atoms with van der Waals surface area (Å²) in [5.41, 5.74) is 1.98.